The Morgan fingerprint density at radius 1 is 1.06 bits per heavy atom. The highest BCUT2D eigenvalue weighted by Gasteiger charge is 2.53. The standard InChI is InChI=1S/C23H43N5O4Si2/c1-21(2,3)33(8,9)30-13-23(29-7)12-16(32-34(10,11)22(4,5)6)20(31-23)28-15-27-17-18(24)25-14-26-19(17)28/h14-16,20H,12-13H2,1-11H3,(H2,24,25,26)/t16-,20-,23+/m1/s1. The Balaban J connectivity index is 2.00. The van der Waals surface area contributed by atoms with E-state index in [1.165, 1.54) is 6.33 Å². The fraction of sp³-hybridized carbons (Fsp3) is 0.783. The second kappa shape index (κ2) is 8.93. The highest BCUT2D eigenvalue weighted by molar-refractivity contribution is 6.74. The van der Waals surface area contributed by atoms with Crippen molar-refractivity contribution in [2.75, 3.05) is 19.5 Å². The first-order valence-corrected chi connectivity index (χ1v) is 17.7. The van der Waals surface area contributed by atoms with Gasteiger partial charge in [-0.15, -0.1) is 0 Å². The van der Waals surface area contributed by atoms with E-state index >= 15 is 0 Å². The lowest BCUT2D eigenvalue weighted by atomic mass is 10.1. The number of imidazole rings is 1. The van der Waals surface area contributed by atoms with Gasteiger partial charge in [0.15, 0.2) is 40.1 Å². The molecule has 3 atom stereocenters. The van der Waals surface area contributed by atoms with E-state index in [0.717, 1.165) is 0 Å². The first-order valence-electron chi connectivity index (χ1n) is 11.9. The molecule has 3 rings (SSSR count). The number of rotatable bonds is 7. The van der Waals surface area contributed by atoms with Crippen molar-refractivity contribution in [3.63, 3.8) is 0 Å². The zero-order chi connectivity index (χ0) is 25.7. The fourth-order valence-electron chi connectivity index (χ4n) is 3.49. The van der Waals surface area contributed by atoms with Crippen LogP contribution in [-0.2, 0) is 18.3 Å². The van der Waals surface area contributed by atoms with E-state index in [1.807, 2.05) is 4.57 Å². The molecule has 0 unspecified atom stereocenters. The SMILES string of the molecule is CO[C@@]1(CO[Si](C)(C)C(C)(C)C)C[C@@H](O[Si](C)(C)C(C)(C)C)[C@H](n2cnc3c(N)ncnc32)O1. The predicted molar refractivity (Wildman–Crippen MR) is 139 cm³/mol. The Morgan fingerprint density at radius 2 is 1.68 bits per heavy atom. The summed E-state index contributed by atoms with van der Waals surface area (Å²) in [5.41, 5.74) is 7.20. The van der Waals surface area contributed by atoms with E-state index in [9.17, 15) is 0 Å². The van der Waals surface area contributed by atoms with Crippen molar-refractivity contribution in [2.45, 2.75) is 102 Å². The minimum absolute atomic E-state index is 0.0388. The topological polar surface area (TPSA) is 107 Å². The molecule has 1 aliphatic heterocycles. The molecule has 1 saturated heterocycles. The number of hydrogen-bond donors (Lipinski definition) is 1. The molecule has 0 amide bonds. The van der Waals surface area contributed by atoms with Crippen LogP contribution in [0.25, 0.3) is 11.2 Å². The number of fused-ring (bicyclic) bond motifs is 1. The summed E-state index contributed by atoms with van der Waals surface area (Å²) >= 11 is 0. The third-order valence-electron chi connectivity index (χ3n) is 7.91. The normalized spacial score (nSPS) is 24.8. The van der Waals surface area contributed by atoms with Gasteiger partial charge in [-0.3, -0.25) is 4.57 Å². The van der Waals surface area contributed by atoms with E-state index < -0.39 is 28.6 Å². The van der Waals surface area contributed by atoms with Crippen molar-refractivity contribution in [3.8, 4) is 0 Å². The van der Waals surface area contributed by atoms with Crippen LogP contribution in [0.5, 0.6) is 0 Å². The fourth-order valence-corrected chi connectivity index (χ4v) is 5.81. The van der Waals surface area contributed by atoms with Gasteiger partial charge in [0, 0.05) is 13.5 Å². The third kappa shape index (κ3) is 5.10. The Hall–Kier alpha value is -1.38. The van der Waals surface area contributed by atoms with Crippen LogP contribution in [0, 0.1) is 0 Å². The summed E-state index contributed by atoms with van der Waals surface area (Å²) in [5.74, 6) is -0.606. The van der Waals surface area contributed by atoms with Gasteiger partial charge in [-0.1, -0.05) is 41.5 Å². The number of methoxy groups -OCH3 is 1. The molecule has 9 nitrogen and oxygen atoms in total. The van der Waals surface area contributed by atoms with Gasteiger partial charge in [0.1, 0.15) is 11.8 Å². The Morgan fingerprint density at radius 3 is 2.24 bits per heavy atom. The number of aromatic nitrogens is 4. The van der Waals surface area contributed by atoms with Crippen LogP contribution in [-0.4, -0.2) is 61.8 Å². The number of nitrogen functional groups attached to an aromatic ring is 1. The van der Waals surface area contributed by atoms with Gasteiger partial charge in [-0.2, -0.15) is 0 Å². The van der Waals surface area contributed by atoms with E-state index in [0.29, 0.717) is 30.0 Å². The van der Waals surface area contributed by atoms with Crippen LogP contribution < -0.4 is 5.73 Å². The summed E-state index contributed by atoms with van der Waals surface area (Å²) in [5, 5.41) is 0.114. The largest absolute Gasteiger partial charge is 0.411 e. The van der Waals surface area contributed by atoms with Gasteiger partial charge in [0.25, 0.3) is 0 Å². The molecule has 0 radical (unpaired) electrons. The van der Waals surface area contributed by atoms with E-state index in [2.05, 4.69) is 82.7 Å². The van der Waals surface area contributed by atoms with Crippen molar-refractivity contribution in [2.24, 2.45) is 0 Å². The quantitative estimate of drug-likeness (QED) is 0.515. The zero-order valence-electron chi connectivity index (χ0n) is 22.7. The number of nitrogens with zero attached hydrogens (tertiary/aromatic N) is 4. The Kier molecular flexibility index (Phi) is 7.15. The summed E-state index contributed by atoms with van der Waals surface area (Å²) in [7, 11) is -2.48. The molecule has 0 aromatic carbocycles. The molecule has 11 heteroatoms. The van der Waals surface area contributed by atoms with Gasteiger partial charge in [-0.05, 0) is 36.3 Å². The van der Waals surface area contributed by atoms with E-state index in [-0.39, 0.29) is 16.2 Å². The molecule has 1 fully saturated rings. The molecule has 3 heterocycles. The van der Waals surface area contributed by atoms with Crippen molar-refractivity contribution in [3.05, 3.63) is 12.7 Å². The highest BCUT2D eigenvalue weighted by atomic mass is 28.4. The number of ether oxygens (including phenoxy) is 2. The van der Waals surface area contributed by atoms with Gasteiger partial charge < -0.3 is 24.1 Å². The average molecular weight is 510 g/mol. The predicted octanol–water partition coefficient (Wildman–Crippen LogP) is 5.08. The zero-order valence-corrected chi connectivity index (χ0v) is 24.7. The minimum Gasteiger partial charge on any atom is -0.411 e. The van der Waals surface area contributed by atoms with Gasteiger partial charge >= 0.3 is 0 Å². The number of nitrogens with two attached hydrogens (primary N) is 1. The molecule has 2 aromatic heterocycles. The van der Waals surface area contributed by atoms with Crippen LogP contribution in [0.2, 0.25) is 36.3 Å². The summed E-state index contributed by atoms with van der Waals surface area (Å²) < 4.78 is 28.0. The van der Waals surface area contributed by atoms with Gasteiger partial charge in [0.2, 0.25) is 0 Å². The highest BCUT2D eigenvalue weighted by Crippen LogP contribution is 2.46. The number of hydrogen-bond acceptors (Lipinski definition) is 8. The molecule has 2 N–H and O–H groups in total. The smallest absolute Gasteiger partial charge is 0.195 e. The second-order valence-electron chi connectivity index (χ2n) is 12.4. The molecule has 0 aliphatic carbocycles. The molecule has 0 bridgehead atoms. The average Bonchev–Trinajstić information content (AvgIpc) is 3.27. The third-order valence-corrected chi connectivity index (χ3v) is 16.9. The van der Waals surface area contributed by atoms with Crippen LogP contribution in [0.15, 0.2) is 12.7 Å². The van der Waals surface area contributed by atoms with Crippen molar-refractivity contribution < 1.29 is 18.3 Å². The Labute approximate surface area is 206 Å². The molecular formula is C23H43N5O4Si2. The summed E-state index contributed by atoms with van der Waals surface area (Å²) in [6.45, 7) is 22.7. The van der Waals surface area contributed by atoms with Crippen molar-refractivity contribution in [1.29, 1.82) is 0 Å². The second-order valence-corrected chi connectivity index (χ2v) is 21.9. The molecule has 0 saturated carbocycles. The molecule has 1 aliphatic rings. The van der Waals surface area contributed by atoms with Crippen molar-refractivity contribution in [1.82, 2.24) is 19.5 Å². The van der Waals surface area contributed by atoms with Crippen LogP contribution >= 0.6 is 0 Å². The van der Waals surface area contributed by atoms with Crippen LogP contribution in [0.3, 0.4) is 0 Å². The van der Waals surface area contributed by atoms with Gasteiger partial charge in [-0.25, -0.2) is 15.0 Å². The molecule has 2 aromatic rings. The maximum absolute atomic E-state index is 6.90. The minimum atomic E-state index is -2.13. The maximum Gasteiger partial charge on any atom is 0.195 e. The molecule has 192 valence electrons. The summed E-state index contributed by atoms with van der Waals surface area (Å²) in [6.07, 6.45) is 2.92. The van der Waals surface area contributed by atoms with Gasteiger partial charge in [0.05, 0.1) is 19.0 Å². The molecule has 0 spiro atoms. The first kappa shape index (κ1) is 27.2. The lowest BCUT2D eigenvalue weighted by molar-refractivity contribution is -0.240. The van der Waals surface area contributed by atoms with E-state index in [1.54, 1.807) is 13.4 Å². The Bertz CT molecular complexity index is 1010. The molecular weight excluding hydrogens is 466 g/mol. The van der Waals surface area contributed by atoms with Crippen LogP contribution in [0.4, 0.5) is 5.82 Å². The first-order chi connectivity index (χ1) is 15.4. The monoisotopic (exact) mass is 509 g/mol. The maximum atomic E-state index is 6.90. The lowest BCUT2D eigenvalue weighted by Crippen LogP contribution is -2.47. The molecule has 34 heavy (non-hydrogen) atoms. The summed E-state index contributed by atoms with van der Waals surface area (Å²) in [6, 6.07) is 0. The summed E-state index contributed by atoms with van der Waals surface area (Å²) in [4.78, 5) is 13.0. The van der Waals surface area contributed by atoms with Crippen LogP contribution in [0.1, 0.15) is 54.2 Å². The van der Waals surface area contributed by atoms with E-state index in [4.69, 9.17) is 24.1 Å². The number of anilines is 1. The van der Waals surface area contributed by atoms with Crippen molar-refractivity contribution >= 4 is 33.6 Å². The lowest BCUT2D eigenvalue weighted by Gasteiger charge is -2.39.